The minimum absolute atomic E-state index is 0.00888. The summed E-state index contributed by atoms with van der Waals surface area (Å²) in [6, 6.07) is 2.44. The van der Waals surface area contributed by atoms with Gasteiger partial charge in [-0.2, -0.15) is 4.31 Å². The molecule has 2 heterocycles. The Morgan fingerprint density at radius 3 is 2.43 bits per heavy atom. The van der Waals surface area contributed by atoms with Crippen molar-refractivity contribution >= 4 is 21.8 Å². The molecule has 1 aromatic heterocycles. The van der Waals surface area contributed by atoms with Gasteiger partial charge in [-0.25, -0.2) is 8.42 Å². The molecule has 0 unspecified atom stereocenters. The Morgan fingerprint density at radius 2 is 1.91 bits per heavy atom. The Kier molecular flexibility index (Phi) is 5.39. The summed E-state index contributed by atoms with van der Waals surface area (Å²) in [5.41, 5.74) is 5.05. The van der Waals surface area contributed by atoms with E-state index in [-0.39, 0.29) is 29.8 Å². The molecule has 0 bridgehead atoms. The monoisotopic (exact) mass is 344 g/mol. The Morgan fingerprint density at radius 1 is 1.26 bits per heavy atom. The second-order valence-electron chi connectivity index (χ2n) is 5.12. The lowest BCUT2D eigenvalue weighted by molar-refractivity contribution is -0.132. The minimum Gasteiger partial charge on any atom is -0.438 e. The van der Waals surface area contributed by atoms with Crippen LogP contribution >= 0.6 is 0 Å². The topological polar surface area (TPSA) is 126 Å². The summed E-state index contributed by atoms with van der Waals surface area (Å²) in [4.78, 5) is 24.5. The van der Waals surface area contributed by atoms with Crippen LogP contribution in [0.1, 0.15) is 17.0 Å². The zero-order valence-electron chi connectivity index (χ0n) is 12.8. The van der Waals surface area contributed by atoms with Crippen molar-refractivity contribution in [3.63, 3.8) is 0 Å². The molecule has 0 aliphatic carbocycles. The summed E-state index contributed by atoms with van der Waals surface area (Å²) in [5.74, 6) is -1.04. The van der Waals surface area contributed by atoms with Crippen LogP contribution in [0.3, 0.4) is 0 Å². The molecule has 1 aliphatic heterocycles. The molecule has 9 nitrogen and oxygen atoms in total. The number of piperazine rings is 1. The third kappa shape index (κ3) is 3.89. The fraction of sp³-hybridized carbons (Fsp3) is 0.538. The second-order valence-corrected chi connectivity index (χ2v) is 6.99. The van der Waals surface area contributed by atoms with E-state index < -0.39 is 15.9 Å². The standard InChI is InChI=1S/C13H20N4O5S/c1-15-5-4-11(18)16-6-8-17(9-7-16)23(20,21)12-3-2-10(22-12)13(14)19/h2-3,15H,4-9H2,1H3,(H2,14,19). The molecule has 0 saturated carbocycles. The molecule has 23 heavy (non-hydrogen) atoms. The Labute approximate surface area is 134 Å². The summed E-state index contributed by atoms with van der Waals surface area (Å²) in [6.45, 7) is 1.59. The van der Waals surface area contributed by atoms with Crippen molar-refractivity contribution in [1.29, 1.82) is 0 Å². The number of rotatable bonds is 6. The number of amides is 2. The normalized spacial score (nSPS) is 16.5. The predicted molar refractivity (Wildman–Crippen MR) is 81.1 cm³/mol. The Hall–Kier alpha value is -1.91. The number of nitrogens with one attached hydrogen (secondary N) is 1. The molecule has 2 amide bonds. The van der Waals surface area contributed by atoms with Crippen molar-refractivity contribution in [3.8, 4) is 0 Å². The van der Waals surface area contributed by atoms with E-state index in [0.29, 0.717) is 26.1 Å². The molecule has 1 aromatic rings. The van der Waals surface area contributed by atoms with Crippen LogP contribution in [0.15, 0.2) is 21.6 Å². The summed E-state index contributed by atoms with van der Waals surface area (Å²) in [7, 11) is -2.07. The van der Waals surface area contributed by atoms with Gasteiger partial charge in [0.15, 0.2) is 5.76 Å². The lowest BCUT2D eigenvalue weighted by Gasteiger charge is -2.33. The number of nitrogens with zero attached hydrogens (tertiary/aromatic N) is 2. The van der Waals surface area contributed by atoms with Crippen LogP contribution in [0, 0.1) is 0 Å². The lowest BCUT2D eigenvalue weighted by Crippen LogP contribution is -2.50. The Bertz CT molecular complexity index is 676. The maximum atomic E-state index is 12.4. The predicted octanol–water partition coefficient (Wildman–Crippen LogP) is -1.18. The van der Waals surface area contributed by atoms with E-state index in [4.69, 9.17) is 10.2 Å². The molecule has 0 atom stereocenters. The van der Waals surface area contributed by atoms with E-state index in [1.807, 2.05) is 0 Å². The number of hydrogen-bond acceptors (Lipinski definition) is 6. The van der Waals surface area contributed by atoms with Crippen LogP contribution in [0.25, 0.3) is 0 Å². The molecule has 0 radical (unpaired) electrons. The van der Waals surface area contributed by atoms with E-state index in [0.717, 1.165) is 0 Å². The van der Waals surface area contributed by atoms with Crippen molar-refractivity contribution in [2.75, 3.05) is 39.8 Å². The van der Waals surface area contributed by atoms with Gasteiger partial charge in [-0.1, -0.05) is 0 Å². The van der Waals surface area contributed by atoms with Crippen molar-refractivity contribution in [2.24, 2.45) is 5.73 Å². The largest absolute Gasteiger partial charge is 0.438 e. The number of carbonyl (C=O) groups is 2. The van der Waals surface area contributed by atoms with Gasteiger partial charge < -0.3 is 20.4 Å². The molecule has 2 rings (SSSR count). The Balaban J connectivity index is 2.00. The lowest BCUT2D eigenvalue weighted by atomic mass is 10.3. The van der Waals surface area contributed by atoms with Gasteiger partial charge in [0.25, 0.3) is 15.9 Å². The molecular formula is C13H20N4O5S. The second kappa shape index (κ2) is 7.11. The first-order valence-corrected chi connectivity index (χ1v) is 8.62. The van der Waals surface area contributed by atoms with Crippen molar-refractivity contribution < 1.29 is 22.4 Å². The molecule has 128 valence electrons. The van der Waals surface area contributed by atoms with Crippen LogP contribution in [-0.2, 0) is 14.8 Å². The first kappa shape index (κ1) is 17.4. The van der Waals surface area contributed by atoms with E-state index in [1.165, 1.54) is 16.4 Å². The number of primary amides is 1. The number of furan rings is 1. The SMILES string of the molecule is CNCCC(=O)N1CCN(S(=O)(=O)c2ccc(C(N)=O)o2)CC1. The highest BCUT2D eigenvalue weighted by Crippen LogP contribution is 2.20. The average molecular weight is 344 g/mol. The first-order chi connectivity index (χ1) is 10.9. The van der Waals surface area contributed by atoms with Crippen LogP contribution in [0.4, 0.5) is 0 Å². The van der Waals surface area contributed by atoms with Gasteiger partial charge in [-0.3, -0.25) is 9.59 Å². The maximum absolute atomic E-state index is 12.4. The molecule has 3 N–H and O–H groups in total. The van der Waals surface area contributed by atoms with Gasteiger partial charge in [-0.05, 0) is 19.2 Å². The zero-order valence-corrected chi connectivity index (χ0v) is 13.6. The molecule has 0 aromatic carbocycles. The van der Waals surface area contributed by atoms with E-state index in [2.05, 4.69) is 5.32 Å². The van der Waals surface area contributed by atoms with Gasteiger partial charge in [0.05, 0.1) is 0 Å². The van der Waals surface area contributed by atoms with Gasteiger partial charge in [0.1, 0.15) is 0 Å². The van der Waals surface area contributed by atoms with Crippen molar-refractivity contribution in [2.45, 2.75) is 11.5 Å². The minimum atomic E-state index is -3.83. The van der Waals surface area contributed by atoms with Gasteiger partial charge in [-0.15, -0.1) is 0 Å². The summed E-state index contributed by atoms with van der Waals surface area (Å²) < 4.78 is 31.1. The quantitative estimate of drug-likeness (QED) is 0.669. The van der Waals surface area contributed by atoms with Crippen LogP contribution in [0.2, 0.25) is 0 Å². The highest BCUT2D eigenvalue weighted by molar-refractivity contribution is 7.89. The molecular weight excluding hydrogens is 324 g/mol. The molecule has 10 heteroatoms. The van der Waals surface area contributed by atoms with Crippen molar-refractivity contribution in [1.82, 2.24) is 14.5 Å². The van der Waals surface area contributed by atoms with Crippen molar-refractivity contribution in [3.05, 3.63) is 17.9 Å². The maximum Gasteiger partial charge on any atom is 0.284 e. The number of nitrogens with two attached hydrogens (primary N) is 1. The highest BCUT2D eigenvalue weighted by atomic mass is 32.2. The first-order valence-electron chi connectivity index (χ1n) is 7.18. The number of carbonyl (C=O) groups excluding carboxylic acids is 2. The molecule has 1 aliphatic rings. The smallest absolute Gasteiger partial charge is 0.284 e. The fourth-order valence-corrected chi connectivity index (χ4v) is 3.62. The molecule has 1 fully saturated rings. The van der Waals surface area contributed by atoms with Crippen LogP contribution < -0.4 is 11.1 Å². The molecule has 0 spiro atoms. The summed E-state index contributed by atoms with van der Waals surface area (Å²) in [6.07, 6.45) is 0.378. The van der Waals surface area contributed by atoms with Crippen LogP contribution in [-0.4, -0.2) is 69.2 Å². The zero-order chi connectivity index (χ0) is 17.0. The van der Waals surface area contributed by atoms with E-state index in [1.54, 1.807) is 11.9 Å². The average Bonchev–Trinajstić information content (AvgIpc) is 3.03. The van der Waals surface area contributed by atoms with Gasteiger partial charge in [0.2, 0.25) is 11.0 Å². The van der Waals surface area contributed by atoms with Gasteiger partial charge in [0, 0.05) is 39.1 Å². The van der Waals surface area contributed by atoms with Gasteiger partial charge >= 0.3 is 0 Å². The fourth-order valence-electron chi connectivity index (χ4n) is 2.29. The third-order valence-electron chi connectivity index (χ3n) is 3.60. The molecule has 1 saturated heterocycles. The van der Waals surface area contributed by atoms with E-state index in [9.17, 15) is 18.0 Å². The number of sulfonamides is 1. The van der Waals surface area contributed by atoms with E-state index >= 15 is 0 Å². The highest BCUT2D eigenvalue weighted by Gasteiger charge is 2.32. The van der Waals surface area contributed by atoms with Crippen LogP contribution in [0.5, 0.6) is 0 Å². The third-order valence-corrected chi connectivity index (χ3v) is 5.37. The summed E-state index contributed by atoms with van der Waals surface area (Å²) >= 11 is 0. The number of hydrogen-bond donors (Lipinski definition) is 2. The summed E-state index contributed by atoms with van der Waals surface area (Å²) in [5, 5.41) is 2.58.